The van der Waals surface area contributed by atoms with Gasteiger partial charge in [-0.1, -0.05) is 6.92 Å². The van der Waals surface area contributed by atoms with Gasteiger partial charge in [0.05, 0.1) is 0 Å². The van der Waals surface area contributed by atoms with Gasteiger partial charge in [-0.2, -0.15) is 0 Å². The van der Waals surface area contributed by atoms with Gasteiger partial charge in [0.2, 0.25) is 0 Å². The highest BCUT2D eigenvalue weighted by Gasteiger charge is 2.22. The molecular formula is C11H24N2. The minimum atomic E-state index is 0.268. The molecule has 0 amide bonds. The van der Waals surface area contributed by atoms with E-state index >= 15 is 0 Å². The molecular weight excluding hydrogens is 160 g/mol. The topological polar surface area (TPSA) is 24.1 Å². The lowest BCUT2D eigenvalue weighted by Gasteiger charge is -2.32. The summed E-state index contributed by atoms with van der Waals surface area (Å²) in [5.41, 5.74) is 0.268. The molecule has 1 fully saturated rings. The zero-order valence-corrected chi connectivity index (χ0v) is 9.48. The molecule has 0 radical (unpaired) electrons. The maximum absolute atomic E-state index is 3.59. The summed E-state index contributed by atoms with van der Waals surface area (Å²) in [4.78, 5) is 0. The fourth-order valence-electron chi connectivity index (χ4n) is 1.81. The van der Waals surface area contributed by atoms with Gasteiger partial charge in [-0.3, -0.25) is 0 Å². The average Bonchev–Trinajstić information content (AvgIpc) is 2.01. The fraction of sp³-hybridized carbons (Fsp3) is 1.00. The molecule has 0 aromatic carbocycles. The van der Waals surface area contributed by atoms with Gasteiger partial charge in [-0.05, 0) is 58.7 Å². The van der Waals surface area contributed by atoms with Crippen molar-refractivity contribution in [2.45, 2.75) is 39.7 Å². The molecule has 2 nitrogen and oxygen atoms in total. The summed E-state index contributed by atoms with van der Waals surface area (Å²) in [6.45, 7) is 12.6. The van der Waals surface area contributed by atoms with Crippen LogP contribution in [0.5, 0.6) is 0 Å². The fourth-order valence-corrected chi connectivity index (χ4v) is 1.81. The van der Waals surface area contributed by atoms with Crippen molar-refractivity contribution in [2.24, 2.45) is 11.8 Å². The standard InChI is InChI=1S/C11H24N2/c1-9-7-12-6-5-10(9)8-13-11(2,3)4/h9-10,12-13H,5-8H2,1-4H3. The second kappa shape index (κ2) is 4.43. The first-order chi connectivity index (χ1) is 5.99. The van der Waals surface area contributed by atoms with Crippen LogP contribution in [0.4, 0.5) is 0 Å². The Morgan fingerprint density at radius 2 is 2.08 bits per heavy atom. The van der Waals surface area contributed by atoms with Crippen LogP contribution in [0.15, 0.2) is 0 Å². The van der Waals surface area contributed by atoms with E-state index in [1.165, 1.54) is 26.1 Å². The Balaban J connectivity index is 2.27. The van der Waals surface area contributed by atoms with Gasteiger partial charge in [0.25, 0.3) is 0 Å². The lowest BCUT2D eigenvalue weighted by molar-refractivity contribution is 0.244. The molecule has 1 aliphatic heterocycles. The summed E-state index contributed by atoms with van der Waals surface area (Å²) >= 11 is 0. The van der Waals surface area contributed by atoms with Crippen LogP contribution in [0, 0.1) is 11.8 Å². The van der Waals surface area contributed by atoms with E-state index in [2.05, 4.69) is 38.3 Å². The third-order valence-electron chi connectivity index (χ3n) is 2.86. The van der Waals surface area contributed by atoms with Crippen LogP contribution in [0.1, 0.15) is 34.1 Å². The predicted molar refractivity (Wildman–Crippen MR) is 57.9 cm³/mol. The highest BCUT2D eigenvalue weighted by atomic mass is 15.0. The van der Waals surface area contributed by atoms with E-state index in [0.29, 0.717) is 0 Å². The van der Waals surface area contributed by atoms with Crippen LogP contribution >= 0.6 is 0 Å². The quantitative estimate of drug-likeness (QED) is 0.681. The average molecular weight is 184 g/mol. The summed E-state index contributed by atoms with van der Waals surface area (Å²) in [7, 11) is 0. The van der Waals surface area contributed by atoms with Crippen LogP contribution < -0.4 is 10.6 Å². The summed E-state index contributed by atoms with van der Waals surface area (Å²) in [5, 5.41) is 7.03. The SMILES string of the molecule is CC1CNCCC1CNC(C)(C)C. The minimum Gasteiger partial charge on any atom is -0.316 e. The number of hydrogen-bond donors (Lipinski definition) is 2. The zero-order chi connectivity index (χ0) is 9.90. The van der Waals surface area contributed by atoms with Gasteiger partial charge >= 0.3 is 0 Å². The first-order valence-electron chi connectivity index (χ1n) is 5.45. The van der Waals surface area contributed by atoms with Crippen LogP contribution in [-0.2, 0) is 0 Å². The van der Waals surface area contributed by atoms with Gasteiger partial charge in [-0.15, -0.1) is 0 Å². The van der Waals surface area contributed by atoms with Crippen molar-refractivity contribution in [2.75, 3.05) is 19.6 Å². The van der Waals surface area contributed by atoms with Crippen molar-refractivity contribution in [3.8, 4) is 0 Å². The molecule has 1 saturated heterocycles. The Morgan fingerprint density at radius 1 is 1.38 bits per heavy atom. The Labute approximate surface area is 82.5 Å². The monoisotopic (exact) mass is 184 g/mol. The van der Waals surface area contributed by atoms with Gasteiger partial charge < -0.3 is 10.6 Å². The second-order valence-electron chi connectivity index (χ2n) is 5.36. The van der Waals surface area contributed by atoms with Gasteiger partial charge in [0, 0.05) is 5.54 Å². The summed E-state index contributed by atoms with van der Waals surface area (Å²) in [6.07, 6.45) is 1.32. The molecule has 1 aliphatic rings. The van der Waals surface area contributed by atoms with Crippen molar-refractivity contribution < 1.29 is 0 Å². The third-order valence-corrected chi connectivity index (χ3v) is 2.86. The smallest absolute Gasteiger partial charge is 0.00966 e. The maximum atomic E-state index is 3.59. The summed E-state index contributed by atoms with van der Waals surface area (Å²) < 4.78 is 0. The minimum absolute atomic E-state index is 0.268. The molecule has 0 bridgehead atoms. The van der Waals surface area contributed by atoms with E-state index in [4.69, 9.17) is 0 Å². The molecule has 0 aromatic rings. The molecule has 1 heterocycles. The second-order valence-corrected chi connectivity index (χ2v) is 5.36. The largest absolute Gasteiger partial charge is 0.316 e. The van der Waals surface area contributed by atoms with E-state index in [0.717, 1.165) is 11.8 Å². The highest BCUT2D eigenvalue weighted by Crippen LogP contribution is 2.18. The number of piperidine rings is 1. The number of rotatable bonds is 2. The highest BCUT2D eigenvalue weighted by molar-refractivity contribution is 4.80. The van der Waals surface area contributed by atoms with Crippen LogP contribution in [-0.4, -0.2) is 25.2 Å². The molecule has 0 aromatic heterocycles. The van der Waals surface area contributed by atoms with Crippen LogP contribution in [0.3, 0.4) is 0 Å². The Hall–Kier alpha value is -0.0800. The first kappa shape index (κ1) is 11.0. The number of hydrogen-bond acceptors (Lipinski definition) is 2. The van der Waals surface area contributed by atoms with E-state index in [-0.39, 0.29) is 5.54 Å². The van der Waals surface area contributed by atoms with Gasteiger partial charge in [0.15, 0.2) is 0 Å². The van der Waals surface area contributed by atoms with E-state index in [1.54, 1.807) is 0 Å². The third kappa shape index (κ3) is 4.10. The first-order valence-corrected chi connectivity index (χ1v) is 5.45. The Bertz CT molecular complexity index is 149. The predicted octanol–water partition coefficient (Wildman–Crippen LogP) is 1.62. The Morgan fingerprint density at radius 3 is 2.62 bits per heavy atom. The molecule has 1 rings (SSSR count). The van der Waals surface area contributed by atoms with Crippen molar-refractivity contribution in [1.82, 2.24) is 10.6 Å². The van der Waals surface area contributed by atoms with Crippen molar-refractivity contribution >= 4 is 0 Å². The normalized spacial score (nSPS) is 30.5. The summed E-state index contributed by atoms with van der Waals surface area (Å²) in [6, 6.07) is 0. The van der Waals surface area contributed by atoms with Gasteiger partial charge in [-0.25, -0.2) is 0 Å². The molecule has 0 aliphatic carbocycles. The molecule has 2 N–H and O–H groups in total. The zero-order valence-electron chi connectivity index (χ0n) is 9.48. The molecule has 78 valence electrons. The molecule has 2 unspecified atom stereocenters. The van der Waals surface area contributed by atoms with E-state index < -0.39 is 0 Å². The van der Waals surface area contributed by atoms with Crippen molar-refractivity contribution in [3.05, 3.63) is 0 Å². The van der Waals surface area contributed by atoms with Crippen molar-refractivity contribution in [1.29, 1.82) is 0 Å². The van der Waals surface area contributed by atoms with Crippen molar-refractivity contribution in [3.63, 3.8) is 0 Å². The molecule has 2 atom stereocenters. The van der Waals surface area contributed by atoms with Crippen LogP contribution in [0.25, 0.3) is 0 Å². The lowest BCUT2D eigenvalue weighted by atomic mass is 9.87. The van der Waals surface area contributed by atoms with E-state index in [9.17, 15) is 0 Å². The summed E-state index contributed by atoms with van der Waals surface area (Å²) in [5.74, 6) is 1.68. The lowest BCUT2D eigenvalue weighted by Crippen LogP contribution is -2.44. The molecule has 13 heavy (non-hydrogen) atoms. The Kier molecular flexibility index (Phi) is 3.74. The maximum Gasteiger partial charge on any atom is 0.00966 e. The molecule has 2 heteroatoms. The number of nitrogens with one attached hydrogen (secondary N) is 2. The molecule has 0 spiro atoms. The van der Waals surface area contributed by atoms with Gasteiger partial charge in [0.1, 0.15) is 0 Å². The molecule has 0 saturated carbocycles. The van der Waals surface area contributed by atoms with E-state index in [1.807, 2.05) is 0 Å². The van der Waals surface area contributed by atoms with Crippen LogP contribution in [0.2, 0.25) is 0 Å².